The van der Waals surface area contributed by atoms with Gasteiger partial charge in [-0.25, -0.2) is 0 Å². The minimum atomic E-state index is -0.0471. The molecule has 15 aromatic rings. The first kappa shape index (κ1) is 51.6. The van der Waals surface area contributed by atoms with E-state index >= 15 is 0 Å². The fourth-order valence-electron chi connectivity index (χ4n) is 16.2. The third-order valence-corrected chi connectivity index (χ3v) is 20.3. The standard InChI is InChI=1S/C84H76/c1-43(2)67-66-42-65-52-23-18-17-22-51(52)53-26-21-27-60(71(53)65)76(66)68(44(3)4)78-62-33-29-57-59-31-35-64-75-63(34-30-58(73(59)75)56-28-32-61(77(67)78)74(62)72(56)57)79-69(45-36-47(81(5,6)7)40-48(37-45)82(8,9)10)54-24-19-20-25-55(54)70(80(64)79)46-38-49(83(11,12)13)41-50(39-46)84(14,15)16/h17-44H,1-16H3. The largest absolute Gasteiger partial charge is 0.0616 e. The van der Waals surface area contributed by atoms with E-state index in [0.29, 0.717) is 11.8 Å². The molecule has 0 amide bonds. The summed E-state index contributed by atoms with van der Waals surface area (Å²) in [4.78, 5) is 0. The summed E-state index contributed by atoms with van der Waals surface area (Å²) >= 11 is 0. The average Bonchev–Trinajstić information content (AvgIpc) is 1.53. The molecule has 0 saturated carbocycles. The van der Waals surface area contributed by atoms with Gasteiger partial charge in [0, 0.05) is 0 Å². The highest BCUT2D eigenvalue weighted by atomic mass is 14.3. The molecular formula is C84H76. The molecule has 1 aliphatic carbocycles. The van der Waals surface area contributed by atoms with Gasteiger partial charge in [-0.3, -0.25) is 0 Å². The van der Waals surface area contributed by atoms with Crippen LogP contribution in [-0.4, -0.2) is 0 Å². The molecule has 0 atom stereocenters. The average molecular weight is 1090 g/mol. The Morgan fingerprint density at radius 2 is 0.571 bits per heavy atom. The third kappa shape index (κ3) is 6.83. The summed E-state index contributed by atoms with van der Waals surface area (Å²) in [5, 5.41) is 35.8. The molecule has 0 nitrogen and oxygen atoms in total. The Morgan fingerprint density at radius 1 is 0.238 bits per heavy atom. The number of rotatable bonds is 4. The molecule has 84 heavy (non-hydrogen) atoms. The van der Waals surface area contributed by atoms with E-state index in [2.05, 4.69) is 269 Å². The van der Waals surface area contributed by atoms with Crippen LogP contribution < -0.4 is 0 Å². The van der Waals surface area contributed by atoms with Crippen LogP contribution in [0.15, 0.2) is 158 Å². The number of hydrogen-bond donors (Lipinski definition) is 0. The molecule has 0 spiro atoms. The summed E-state index contributed by atoms with van der Waals surface area (Å²) in [6.45, 7) is 38.2. The van der Waals surface area contributed by atoms with E-state index in [1.165, 1.54) is 195 Å². The smallest absolute Gasteiger partial charge is 0.000740 e. The fraction of sp³-hybridized carbons (Fsp3) is 0.262. The lowest BCUT2D eigenvalue weighted by atomic mass is 9.77. The van der Waals surface area contributed by atoms with E-state index < -0.39 is 0 Å². The normalized spacial score (nSPS) is 13.7. The maximum absolute atomic E-state index is 2.60. The molecular weight excluding hydrogens is 1010 g/mol. The molecule has 0 N–H and O–H groups in total. The number of benzene rings is 13. The molecule has 0 unspecified atom stereocenters. The van der Waals surface area contributed by atoms with Gasteiger partial charge in [0.05, 0.1) is 0 Å². The second kappa shape index (κ2) is 16.8. The lowest BCUT2D eigenvalue weighted by Gasteiger charge is -2.28. The zero-order chi connectivity index (χ0) is 58.3. The molecule has 15 aromatic carbocycles. The lowest BCUT2D eigenvalue weighted by Crippen LogP contribution is -2.17. The highest BCUT2D eigenvalue weighted by Gasteiger charge is 2.31. The Bertz CT molecular complexity index is 5360. The van der Waals surface area contributed by atoms with Gasteiger partial charge in [-0.1, -0.05) is 262 Å². The van der Waals surface area contributed by atoms with E-state index in [1.807, 2.05) is 0 Å². The van der Waals surface area contributed by atoms with Crippen molar-refractivity contribution in [1.82, 2.24) is 0 Å². The third-order valence-electron chi connectivity index (χ3n) is 20.3. The Morgan fingerprint density at radius 3 is 1.01 bits per heavy atom. The molecule has 1 aliphatic rings. The lowest BCUT2D eigenvalue weighted by molar-refractivity contribution is 0.568. The van der Waals surface area contributed by atoms with Gasteiger partial charge in [0.2, 0.25) is 0 Å². The molecule has 16 rings (SSSR count). The first-order valence-corrected chi connectivity index (χ1v) is 31.2. The van der Waals surface area contributed by atoms with Crippen molar-refractivity contribution in [3.8, 4) is 22.3 Å². The number of hydrogen-bond acceptors (Lipinski definition) is 0. The summed E-state index contributed by atoms with van der Waals surface area (Å²) in [7, 11) is 0. The molecule has 0 saturated heterocycles. The monoisotopic (exact) mass is 1080 g/mol. The van der Waals surface area contributed by atoms with Crippen LogP contribution in [0.1, 0.15) is 156 Å². The quantitative estimate of drug-likeness (QED) is 0.122. The van der Waals surface area contributed by atoms with Crippen LogP contribution in [-0.2, 0) is 21.7 Å². The molecule has 0 heterocycles. The SMILES string of the molecule is CC(C)c1c2cc3c4ccccc4c4cccc(c2c(C(C)C)c2c5ccc6c7ccc8c9c(ccc(c%10ccc(c12)c5c%106)c97)=c1c(-c2cc(C(C)(C)C)cc(C(C)(C)C)c2)c2ccccc2c(-c2cc(C(C)(C)C)cc(C(C)(C)C)c2)c1=8)c43. The van der Waals surface area contributed by atoms with Crippen LogP contribution in [0.25, 0.3) is 141 Å². The van der Waals surface area contributed by atoms with Gasteiger partial charge in [-0.2, -0.15) is 0 Å². The molecule has 0 heteroatoms. The van der Waals surface area contributed by atoms with Gasteiger partial charge in [0.1, 0.15) is 0 Å². The van der Waals surface area contributed by atoms with Crippen molar-refractivity contribution >= 4 is 118 Å². The van der Waals surface area contributed by atoms with E-state index in [-0.39, 0.29) is 21.7 Å². The van der Waals surface area contributed by atoms with Crippen LogP contribution in [0.2, 0.25) is 0 Å². The van der Waals surface area contributed by atoms with Crippen molar-refractivity contribution in [2.75, 3.05) is 0 Å². The van der Waals surface area contributed by atoms with Gasteiger partial charge >= 0.3 is 0 Å². The summed E-state index contributed by atoms with van der Waals surface area (Å²) in [5.41, 5.74) is 13.5. The summed E-state index contributed by atoms with van der Waals surface area (Å²) < 4.78 is 0. The highest BCUT2D eigenvalue weighted by molar-refractivity contribution is 6.45. The highest BCUT2D eigenvalue weighted by Crippen LogP contribution is 2.56. The molecule has 0 bridgehead atoms. The van der Waals surface area contributed by atoms with Gasteiger partial charge < -0.3 is 0 Å². The summed E-state index contributed by atoms with van der Waals surface area (Å²) in [6.07, 6.45) is 0. The van der Waals surface area contributed by atoms with Crippen molar-refractivity contribution in [3.05, 3.63) is 212 Å². The Hall–Kier alpha value is -8.06. The Balaban J connectivity index is 1.10. The van der Waals surface area contributed by atoms with Crippen LogP contribution in [0.3, 0.4) is 0 Å². The van der Waals surface area contributed by atoms with E-state index in [1.54, 1.807) is 0 Å². The van der Waals surface area contributed by atoms with Gasteiger partial charge in [-0.15, -0.1) is 0 Å². The second-order valence-electron chi connectivity index (χ2n) is 30.3. The van der Waals surface area contributed by atoms with Crippen molar-refractivity contribution in [1.29, 1.82) is 0 Å². The van der Waals surface area contributed by atoms with E-state index in [9.17, 15) is 0 Å². The minimum Gasteiger partial charge on any atom is -0.0616 e. The molecule has 412 valence electrons. The van der Waals surface area contributed by atoms with E-state index in [4.69, 9.17) is 0 Å². The van der Waals surface area contributed by atoms with Gasteiger partial charge in [0.25, 0.3) is 0 Å². The zero-order valence-corrected chi connectivity index (χ0v) is 52.2. The van der Waals surface area contributed by atoms with Crippen LogP contribution in [0, 0.1) is 20.9 Å². The zero-order valence-electron chi connectivity index (χ0n) is 52.2. The van der Waals surface area contributed by atoms with Crippen molar-refractivity contribution < 1.29 is 0 Å². The topological polar surface area (TPSA) is 0 Å². The summed E-state index contributed by atoms with van der Waals surface area (Å²) in [6, 6.07) is 63.5. The van der Waals surface area contributed by atoms with Gasteiger partial charge in [0.15, 0.2) is 0 Å². The predicted octanol–water partition coefficient (Wildman–Crippen LogP) is 24.3. The second-order valence-corrected chi connectivity index (χ2v) is 30.3. The molecule has 0 fully saturated rings. The minimum absolute atomic E-state index is 0.0471. The maximum Gasteiger partial charge on any atom is -0.000740 e. The molecule has 0 aromatic heterocycles. The predicted molar refractivity (Wildman–Crippen MR) is 368 cm³/mol. The maximum atomic E-state index is 2.60. The first-order chi connectivity index (χ1) is 39.9. The molecule has 0 aliphatic heterocycles. The summed E-state index contributed by atoms with van der Waals surface area (Å²) in [5.74, 6) is 0.601. The molecule has 0 radical (unpaired) electrons. The van der Waals surface area contributed by atoms with Crippen LogP contribution in [0.5, 0.6) is 0 Å². The van der Waals surface area contributed by atoms with E-state index in [0.717, 1.165) is 0 Å². The van der Waals surface area contributed by atoms with Crippen LogP contribution in [0.4, 0.5) is 0 Å². The number of fused-ring (bicyclic) bond motifs is 12. The van der Waals surface area contributed by atoms with Gasteiger partial charge in [-0.05, 0) is 235 Å². The van der Waals surface area contributed by atoms with Crippen molar-refractivity contribution in [2.45, 2.75) is 144 Å². The Labute approximate surface area is 494 Å². The van der Waals surface area contributed by atoms with Crippen molar-refractivity contribution in [3.63, 3.8) is 0 Å². The Kier molecular flexibility index (Phi) is 10.3. The fourth-order valence-corrected chi connectivity index (χ4v) is 16.2. The first-order valence-electron chi connectivity index (χ1n) is 31.2. The van der Waals surface area contributed by atoms with Crippen LogP contribution >= 0.6 is 0 Å². The van der Waals surface area contributed by atoms with Crippen molar-refractivity contribution in [2.24, 2.45) is 0 Å².